The number of nitrogens with zero attached hydrogens (tertiary/aromatic N) is 3. The third-order valence-electron chi connectivity index (χ3n) is 3.58. The van der Waals surface area contributed by atoms with Crippen LogP contribution in [0.2, 0.25) is 0 Å². The molecule has 2 heterocycles. The minimum Gasteiger partial charge on any atom is -0.372 e. The Kier molecular flexibility index (Phi) is 3.85. The second kappa shape index (κ2) is 5.22. The normalized spacial score (nSPS) is 24.6. The highest BCUT2D eigenvalue weighted by molar-refractivity contribution is 5.39. The molecule has 1 aromatic rings. The van der Waals surface area contributed by atoms with Crippen LogP contribution in [-0.4, -0.2) is 35.3 Å². The predicted octanol–water partition coefficient (Wildman–Crippen LogP) is 2.61. The first-order valence-electron chi connectivity index (χ1n) is 6.76. The quantitative estimate of drug-likeness (QED) is 0.825. The molecular formula is C14H23N3O. The summed E-state index contributed by atoms with van der Waals surface area (Å²) in [5.41, 5.74) is -0.0544. The van der Waals surface area contributed by atoms with Gasteiger partial charge >= 0.3 is 0 Å². The Labute approximate surface area is 109 Å². The highest BCUT2D eigenvalue weighted by Gasteiger charge is 2.31. The van der Waals surface area contributed by atoms with E-state index < -0.39 is 0 Å². The Morgan fingerprint density at radius 1 is 1.50 bits per heavy atom. The average Bonchev–Trinajstić information content (AvgIpc) is 2.39. The van der Waals surface area contributed by atoms with Gasteiger partial charge in [-0.2, -0.15) is 0 Å². The molecule has 0 saturated carbocycles. The summed E-state index contributed by atoms with van der Waals surface area (Å²) in [6.45, 7) is 11.2. The maximum absolute atomic E-state index is 5.86. The molecule has 4 heteroatoms. The first-order valence-corrected chi connectivity index (χ1v) is 6.76. The number of hydrogen-bond donors (Lipinski definition) is 0. The zero-order chi connectivity index (χ0) is 13.2. The van der Waals surface area contributed by atoms with Gasteiger partial charge in [0.15, 0.2) is 0 Å². The first-order chi connectivity index (χ1) is 8.54. The summed E-state index contributed by atoms with van der Waals surface area (Å²) >= 11 is 0. The highest BCUT2D eigenvalue weighted by atomic mass is 16.5. The van der Waals surface area contributed by atoms with Crippen molar-refractivity contribution in [3.63, 3.8) is 0 Å². The van der Waals surface area contributed by atoms with Gasteiger partial charge in [0.25, 0.3) is 0 Å². The Hall–Kier alpha value is -1.16. The lowest BCUT2D eigenvalue weighted by molar-refractivity contribution is -0.0443. The molecule has 0 aromatic carbocycles. The van der Waals surface area contributed by atoms with E-state index in [2.05, 4.69) is 42.6 Å². The number of ether oxygens (including phenoxy) is 1. The average molecular weight is 249 g/mol. The number of rotatable bonds is 3. The van der Waals surface area contributed by atoms with E-state index in [4.69, 9.17) is 4.74 Å². The molecule has 1 fully saturated rings. The molecule has 18 heavy (non-hydrogen) atoms. The van der Waals surface area contributed by atoms with Crippen LogP contribution in [0.15, 0.2) is 12.3 Å². The number of aromatic nitrogens is 2. The van der Waals surface area contributed by atoms with E-state index in [-0.39, 0.29) is 5.60 Å². The molecule has 0 amide bonds. The van der Waals surface area contributed by atoms with E-state index in [1.807, 2.05) is 12.3 Å². The summed E-state index contributed by atoms with van der Waals surface area (Å²) in [6, 6.07) is 1.99. The van der Waals surface area contributed by atoms with Gasteiger partial charge < -0.3 is 9.64 Å². The van der Waals surface area contributed by atoms with E-state index in [0.717, 1.165) is 37.8 Å². The lowest BCUT2D eigenvalue weighted by atomic mass is 10.0. The summed E-state index contributed by atoms with van der Waals surface area (Å²) in [5, 5.41) is 0. The summed E-state index contributed by atoms with van der Waals surface area (Å²) in [5.74, 6) is 2.30. The van der Waals surface area contributed by atoms with Gasteiger partial charge in [-0.05, 0) is 19.4 Å². The number of morpholine rings is 1. The molecule has 0 aliphatic carbocycles. The molecule has 1 aromatic heterocycles. The van der Waals surface area contributed by atoms with Gasteiger partial charge in [0.2, 0.25) is 0 Å². The topological polar surface area (TPSA) is 38.2 Å². The molecule has 0 radical (unpaired) electrons. The Bertz CT molecular complexity index is 408. The van der Waals surface area contributed by atoms with Crippen LogP contribution >= 0.6 is 0 Å². The fourth-order valence-electron chi connectivity index (χ4n) is 2.16. The van der Waals surface area contributed by atoms with Gasteiger partial charge in [-0.25, -0.2) is 9.97 Å². The van der Waals surface area contributed by atoms with Crippen molar-refractivity contribution < 1.29 is 4.74 Å². The van der Waals surface area contributed by atoms with Gasteiger partial charge in [0.1, 0.15) is 11.6 Å². The van der Waals surface area contributed by atoms with Crippen molar-refractivity contribution in [2.24, 2.45) is 0 Å². The summed E-state index contributed by atoms with van der Waals surface area (Å²) < 4.78 is 5.86. The van der Waals surface area contributed by atoms with Crippen LogP contribution in [0.25, 0.3) is 0 Å². The molecule has 1 saturated heterocycles. The monoisotopic (exact) mass is 249 g/mol. The van der Waals surface area contributed by atoms with Crippen LogP contribution in [0.4, 0.5) is 5.82 Å². The fourth-order valence-corrected chi connectivity index (χ4v) is 2.16. The summed E-state index contributed by atoms with van der Waals surface area (Å²) in [6.07, 6.45) is 2.88. The third-order valence-corrected chi connectivity index (χ3v) is 3.58. The van der Waals surface area contributed by atoms with Crippen LogP contribution in [-0.2, 0) is 4.74 Å². The Morgan fingerprint density at radius 2 is 2.28 bits per heavy atom. The molecule has 1 aliphatic heterocycles. The summed E-state index contributed by atoms with van der Waals surface area (Å²) in [4.78, 5) is 11.3. The molecule has 2 rings (SSSR count). The van der Waals surface area contributed by atoms with E-state index in [1.54, 1.807) is 0 Å². The van der Waals surface area contributed by atoms with Crippen LogP contribution in [0.3, 0.4) is 0 Å². The Morgan fingerprint density at radius 3 is 2.94 bits per heavy atom. The first kappa shape index (κ1) is 13.3. The van der Waals surface area contributed by atoms with Crippen molar-refractivity contribution in [1.29, 1.82) is 0 Å². The van der Waals surface area contributed by atoms with E-state index in [9.17, 15) is 0 Å². The second-order valence-electron chi connectivity index (χ2n) is 5.50. The molecule has 1 unspecified atom stereocenters. The zero-order valence-corrected chi connectivity index (χ0v) is 11.8. The van der Waals surface area contributed by atoms with Gasteiger partial charge in [0.05, 0.1) is 12.2 Å². The molecule has 4 nitrogen and oxygen atoms in total. The van der Waals surface area contributed by atoms with Crippen LogP contribution in [0.5, 0.6) is 0 Å². The van der Waals surface area contributed by atoms with Gasteiger partial charge in [-0.3, -0.25) is 0 Å². The molecule has 0 spiro atoms. The molecular weight excluding hydrogens is 226 g/mol. The smallest absolute Gasteiger partial charge is 0.133 e. The maximum atomic E-state index is 5.86. The molecule has 1 aliphatic rings. The van der Waals surface area contributed by atoms with E-state index >= 15 is 0 Å². The lowest BCUT2D eigenvalue weighted by Gasteiger charge is -2.40. The standard InChI is InChI=1S/C14H23N3O/c1-5-14(4)10-17(8-9-18-14)12-6-7-15-13(16-12)11(2)3/h6-7,11H,5,8-10H2,1-4H3. The van der Waals surface area contributed by atoms with Crippen molar-refractivity contribution in [3.8, 4) is 0 Å². The fraction of sp³-hybridized carbons (Fsp3) is 0.714. The third kappa shape index (κ3) is 2.80. The highest BCUT2D eigenvalue weighted by Crippen LogP contribution is 2.25. The molecule has 0 bridgehead atoms. The maximum Gasteiger partial charge on any atom is 0.133 e. The van der Waals surface area contributed by atoms with Crippen molar-refractivity contribution >= 4 is 5.82 Å². The van der Waals surface area contributed by atoms with Gasteiger partial charge in [-0.1, -0.05) is 20.8 Å². The predicted molar refractivity (Wildman–Crippen MR) is 73.0 cm³/mol. The largest absolute Gasteiger partial charge is 0.372 e. The van der Waals surface area contributed by atoms with Crippen molar-refractivity contribution in [3.05, 3.63) is 18.1 Å². The van der Waals surface area contributed by atoms with Crippen molar-refractivity contribution in [1.82, 2.24) is 9.97 Å². The van der Waals surface area contributed by atoms with Gasteiger partial charge in [-0.15, -0.1) is 0 Å². The van der Waals surface area contributed by atoms with Crippen LogP contribution in [0.1, 0.15) is 45.9 Å². The van der Waals surface area contributed by atoms with E-state index in [0.29, 0.717) is 5.92 Å². The van der Waals surface area contributed by atoms with Crippen molar-refractivity contribution in [2.75, 3.05) is 24.6 Å². The number of anilines is 1. The second-order valence-corrected chi connectivity index (χ2v) is 5.50. The molecule has 1 atom stereocenters. The number of hydrogen-bond acceptors (Lipinski definition) is 4. The van der Waals surface area contributed by atoms with Crippen LogP contribution < -0.4 is 4.90 Å². The Balaban J connectivity index is 2.18. The minimum atomic E-state index is -0.0544. The molecule has 100 valence electrons. The zero-order valence-electron chi connectivity index (χ0n) is 11.8. The van der Waals surface area contributed by atoms with Crippen molar-refractivity contribution in [2.45, 2.75) is 45.6 Å². The van der Waals surface area contributed by atoms with Crippen LogP contribution in [0, 0.1) is 0 Å². The minimum absolute atomic E-state index is 0.0544. The molecule has 0 N–H and O–H groups in total. The van der Waals surface area contributed by atoms with E-state index in [1.165, 1.54) is 0 Å². The SMILES string of the molecule is CCC1(C)CN(c2ccnc(C(C)C)n2)CCO1. The summed E-state index contributed by atoms with van der Waals surface area (Å²) in [7, 11) is 0. The lowest BCUT2D eigenvalue weighted by Crippen LogP contribution is -2.50. The van der Waals surface area contributed by atoms with Gasteiger partial charge in [0, 0.05) is 25.2 Å².